The van der Waals surface area contributed by atoms with Gasteiger partial charge in [0.25, 0.3) is 0 Å². The lowest BCUT2D eigenvalue weighted by atomic mass is 9.84. The third kappa shape index (κ3) is 4.07. The maximum Gasteiger partial charge on any atom is 0.225 e. The number of carbonyl (C=O) groups is 2. The predicted octanol–water partition coefficient (Wildman–Crippen LogP) is 2.00. The van der Waals surface area contributed by atoms with Crippen molar-refractivity contribution in [1.29, 1.82) is 0 Å². The van der Waals surface area contributed by atoms with Crippen LogP contribution in [0, 0.1) is 5.92 Å². The van der Waals surface area contributed by atoms with Gasteiger partial charge < -0.3 is 10.2 Å². The number of hydrogen-bond donors (Lipinski definition) is 1. The zero-order chi connectivity index (χ0) is 17.6. The Kier molecular flexibility index (Phi) is 5.48. The molecule has 1 saturated heterocycles. The van der Waals surface area contributed by atoms with Crippen LogP contribution in [0.2, 0.25) is 0 Å². The minimum atomic E-state index is -0.213. The van der Waals surface area contributed by atoms with Gasteiger partial charge in [0, 0.05) is 39.0 Å². The zero-order valence-corrected chi connectivity index (χ0v) is 14.5. The molecule has 1 aromatic heterocycles. The van der Waals surface area contributed by atoms with Gasteiger partial charge in [0.2, 0.25) is 11.8 Å². The number of likely N-dealkylation sites (tertiary alicyclic amines) is 1. The number of hydrogen-bond acceptors (Lipinski definition) is 3. The molecule has 3 rings (SSSR count). The van der Waals surface area contributed by atoms with E-state index in [0.29, 0.717) is 19.4 Å². The van der Waals surface area contributed by atoms with Gasteiger partial charge in [0.05, 0.1) is 12.0 Å². The molecule has 2 atom stereocenters. The van der Waals surface area contributed by atoms with E-state index in [1.807, 2.05) is 47.3 Å². The van der Waals surface area contributed by atoms with Gasteiger partial charge in [-0.2, -0.15) is 5.10 Å². The first-order valence-corrected chi connectivity index (χ1v) is 8.72. The molecule has 0 radical (unpaired) electrons. The van der Waals surface area contributed by atoms with Crippen molar-refractivity contribution in [3.05, 3.63) is 54.4 Å². The monoisotopic (exact) mass is 340 g/mol. The van der Waals surface area contributed by atoms with Crippen LogP contribution in [0.4, 0.5) is 0 Å². The van der Waals surface area contributed by atoms with Crippen LogP contribution in [0.3, 0.4) is 0 Å². The number of benzene rings is 1. The SMILES string of the molecule is CN1C(=O)CC[C@H](C(=O)NCCCn2cccn2)[C@H]1c1ccccc1. The summed E-state index contributed by atoms with van der Waals surface area (Å²) in [6.07, 6.45) is 5.50. The third-order valence-corrected chi connectivity index (χ3v) is 4.76. The zero-order valence-electron chi connectivity index (χ0n) is 14.5. The Bertz CT molecular complexity index is 699. The van der Waals surface area contributed by atoms with Crippen LogP contribution < -0.4 is 5.32 Å². The van der Waals surface area contributed by atoms with E-state index in [-0.39, 0.29) is 23.8 Å². The van der Waals surface area contributed by atoms with Gasteiger partial charge in [-0.05, 0) is 24.5 Å². The van der Waals surface area contributed by atoms with Crippen molar-refractivity contribution in [2.24, 2.45) is 5.92 Å². The summed E-state index contributed by atoms with van der Waals surface area (Å²) in [5.41, 5.74) is 1.01. The molecule has 1 aromatic carbocycles. The van der Waals surface area contributed by atoms with E-state index in [2.05, 4.69) is 10.4 Å². The normalized spacial score (nSPS) is 20.5. The summed E-state index contributed by atoms with van der Waals surface area (Å²) in [7, 11) is 1.79. The Labute approximate surface area is 147 Å². The molecule has 2 amide bonds. The van der Waals surface area contributed by atoms with E-state index in [1.165, 1.54) is 0 Å². The Morgan fingerprint density at radius 2 is 2.08 bits per heavy atom. The Morgan fingerprint density at radius 3 is 2.80 bits per heavy atom. The summed E-state index contributed by atoms with van der Waals surface area (Å²) in [5.74, 6) is -0.0972. The summed E-state index contributed by atoms with van der Waals surface area (Å²) in [5, 5.41) is 7.18. The van der Waals surface area contributed by atoms with E-state index < -0.39 is 0 Å². The molecule has 1 N–H and O–H groups in total. The topological polar surface area (TPSA) is 67.2 Å². The van der Waals surface area contributed by atoms with E-state index in [4.69, 9.17) is 0 Å². The maximum absolute atomic E-state index is 12.7. The van der Waals surface area contributed by atoms with Crippen molar-refractivity contribution in [3.63, 3.8) is 0 Å². The van der Waals surface area contributed by atoms with Crippen LogP contribution in [-0.2, 0) is 16.1 Å². The molecule has 132 valence electrons. The van der Waals surface area contributed by atoms with Gasteiger partial charge in [-0.25, -0.2) is 0 Å². The molecule has 0 spiro atoms. The Hall–Kier alpha value is -2.63. The van der Waals surface area contributed by atoms with E-state index in [1.54, 1.807) is 18.1 Å². The first kappa shape index (κ1) is 17.2. The Balaban J connectivity index is 1.61. The van der Waals surface area contributed by atoms with E-state index in [0.717, 1.165) is 18.5 Å². The second-order valence-corrected chi connectivity index (χ2v) is 6.42. The number of carbonyl (C=O) groups excluding carboxylic acids is 2. The molecule has 25 heavy (non-hydrogen) atoms. The fraction of sp³-hybridized carbons (Fsp3) is 0.421. The summed E-state index contributed by atoms with van der Waals surface area (Å²) in [6.45, 7) is 1.38. The minimum absolute atomic E-state index is 0.0219. The molecule has 0 saturated carbocycles. The number of piperidine rings is 1. The molecule has 1 fully saturated rings. The van der Waals surface area contributed by atoms with Gasteiger partial charge in [-0.15, -0.1) is 0 Å². The van der Waals surface area contributed by atoms with E-state index >= 15 is 0 Å². The second-order valence-electron chi connectivity index (χ2n) is 6.42. The van der Waals surface area contributed by atoms with Crippen molar-refractivity contribution in [3.8, 4) is 0 Å². The lowest BCUT2D eigenvalue weighted by molar-refractivity contribution is -0.141. The molecule has 6 nitrogen and oxygen atoms in total. The number of nitrogens with zero attached hydrogens (tertiary/aromatic N) is 3. The van der Waals surface area contributed by atoms with Crippen LogP contribution in [-0.4, -0.2) is 40.1 Å². The Morgan fingerprint density at radius 1 is 1.28 bits per heavy atom. The van der Waals surface area contributed by atoms with Gasteiger partial charge in [0.15, 0.2) is 0 Å². The summed E-state index contributed by atoms with van der Waals surface area (Å²) in [4.78, 5) is 26.6. The van der Waals surface area contributed by atoms with Gasteiger partial charge in [-0.1, -0.05) is 30.3 Å². The van der Waals surface area contributed by atoms with Crippen LogP contribution >= 0.6 is 0 Å². The molecule has 1 aliphatic rings. The minimum Gasteiger partial charge on any atom is -0.356 e. The third-order valence-electron chi connectivity index (χ3n) is 4.76. The molecule has 0 bridgehead atoms. The average molecular weight is 340 g/mol. The molecule has 0 unspecified atom stereocenters. The maximum atomic E-state index is 12.7. The molecular formula is C19H24N4O2. The van der Waals surface area contributed by atoms with Crippen molar-refractivity contribution in [2.45, 2.75) is 31.8 Å². The molecule has 2 heterocycles. The van der Waals surface area contributed by atoms with Crippen molar-refractivity contribution < 1.29 is 9.59 Å². The number of nitrogens with one attached hydrogen (secondary N) is 1. The first-order valence-electron chi connectivity index (χ1n) is 8.72. The van der Waals surface area contributed by atoms with Crippen molar-refractivity contribution in [2.75, 3.05) is 13.6 Å². The van der Waals surface area contributed by atoms with Crippen LogP contribution in [0.5, 0.6) is 0 Å². The highest BCUT2D eigenvalue weighted by molar-refractivity contribution is 5.84. The lowest BCUT2D eigenvalue weighted by Crippen LogP contribution is -2.46. The molecule has 1 aliphatic heterocycles. The van der Waals surface area contributed by atoms with Gasteiger partial charge >= 0.3 is 0 Å². The van der Waals surface area contributed by atoms with Crippen LogP contribution in [0.25, 0.3) is 0 Å². The first-order chi connectivity index (χ1) is 12.2. The summed E-state index contributed by atoms with van der Waals surface area (Å²) in [6, 6.07) is 11.5. The fourth-order valence-corrected chi connectivity index (χ4v) is 3.44. The number of rotatable bonds is 6. The highest BCUT2D eigenvalue weighted by Crippen LogP contribution is 2.35. The van der Waals surface area contributed by atoms with Crippen molar-refractivity contribution in [1.82, 2.24) is 20.0 Å². The molecule has 6 heteroatoms. The summed E-state index contributed by atoms with van der Waals surface area (Å²) < 4.78 is 1.85. The number of aryl methyl sites for hydroxylation is 1. The van der Waals surface area contributed by atoms with Gasteiger partial charge in [-0.3, -0.25) is 14.3 Å². The number of aromatic nitrogens is 2. The van der Waals surface area contributed by atoms with Gasteiger partial charge in [0.1, 0.15) is 0 Å². The van der Waals surface area contributed by atoms with E-state index in [9.17, 15) is 9.59 Å². The standard InChI is InChI=1S/C19H24N4O2/c1-22-17(24)10-9-16(18(22)15-7-3-2-4-8-15)19(25)20-11-5-13-23-14-6-12-21-23/h2-4,6-8,12,14,16,18H,5,9-11,13H2,1H3,(H,20,25)/t16-,18+/m0/s1. The quantitative estimate of drug-likeness (QED) is 0.818. The summed E-state index contributed by atoms with van der Waals surface area (Å²) >= 11 is 0. The smallest absolute Gasteiger partial charge is 0.225 e. The molecular weight excluding hydrogens is 316 g/mol. The largest absolute Gasteiger partial charge is 0.356 e. The van der Waals surface area contributed by atoms with Crippen LogP contribution in [0.1, 0.15) is 30.9 Å². The average Bonchev–Trinajstić information content (AvgIpc) is 3.15. The van der Waals surface area contributed by atoms with Crippen LogP contribution in [0.15, 0.2) is 48.8 Å². The highest BCUT2D eigenvalue weighted by Gasteiger charge is 2.38. The highest BCUT2D eigenvalue weighted by atomic mass is 16.2. The number of amides is 2. The molecule has 2 aromatic rings. The predicted molar refractivity (Wildman–Crippen MR) is 94.5 cm³/mol. The fourth-order valence-electron chi connectivity index (χ4n) is 3.44. The van der Waals surface area contributed by atoms with Crippen molar-refractivity contribution >= 4 is 11.8 Å². The molecule has 0 aliphatic carbocycles. The second kappa shape index (κ2) is 7.96. The lowest BCUT2D eigenvalue weighted by Gasteiger charge is -2.38.